The summed E-state index contributed by atoms with van der Waals surface area (Å²) in [6.07, 6.45) is 0.512. The number of esters is 1. The van der Waals surface area contributed by atoms with E-state index in [1.54, 1.807) is 6.92 Å². The van der Waals surface area contributed by atoms with Crippen LogP contribution in [0.1, 0.15) is 36.5 Å². The number of fused-ring (bicyclic) bond motifs is 1. The fraction of sp³-hybridized carbons (Fsp3) is 0.429. The van der Waals surface area contributed by atoms with Gasteiger partial charge in [0.2, 0.25) is 0 Å². The molecule has 1 aromatic carbocycles. The average Bonchev–Trinajstić information content (AvgIpc) is 2.53. The lowest BCUT2D eigenvalue weighted by Gasteiger charge is -2.19. The molecule has 0 aromatic heterocycles. The Kier molecular flexibility index (Phi) is 3.01. The molecule has 0 aliphatic heterocycles. The van der Waals surface area contributed by atoms with Crippen molar-refractivity contribution in [1.82, 2.24) is 0 Å². The monoisotopic (exact) mass is 231 g/mol. The van der Waals surface area contributed by atoms with Crippen LogP contribution >= 0.6 is 0 Å². The highest BCUT2D eigenvalue weighted by molar-refractivity contribution is 5.88. The highest BCUT2D eigenvalue weighted by atomic mass is 16.5. The van der Waals surface area contributed by atoms with Gasteiger partial charge >= 0.3 is 5.97 Å². The first-order valence-corrected chi connectivity index (χ1v) is 5.80. The Balaban J connectivity index is 2.38. The second-order valence-corrected chi connectivity index (χ2v) is 4.71. The van der Waals surface area contributed by atoms with Gasteiger partial charge in [0.1, 0.15) is 6.10 Å². The maximum absolute atomic E-state index is 11.1. The van der Waals surface area contributed by atoms with Gasteiger partial charge in [-0.1, -0.05) is 23.8 Å². The van der Waals surface area contributed by atoms with E-state index in [-0.39, 0.29) is 18.0 Å². The molecule has 1 N–H and O–H groups in total. The molecule has 2 rings (SSSR count). The Morgan fingerprint density at radius 2 is 2.12 bits per heavy atom. The fourth-order valence-corrected chi connectivity index (χ4v) is 2.56. The van der Waals surface area contributed by atoms with Gasteiger partial charge in [0.15, 0.2) is 0 Å². The molecular formula is C14H17NO2. The van der Waals surface area contributed by atoms with Gasteiger partial charge < -0.3 is 10.1 Å². The zero-order valence-corrected chi connectivity index (χ0v) is 10.4. The summed E-state index contributed by atoms with van der Waals surface area (Å²) < 4.78 is 5.33. The van der Waals surface area contributed by atoms with Crippen LogP contribution in [-0.2, 0) is 16.0 Å². The summed E-state index contributed by atoms with van der Waals surface area (Å²) in [6, 6.07) is 6.23. The smallest absolute Gasteiger partial charge is 0.302 e. The predicted molar refractivity (Wildman–Crippen MR) is 66.6 cm³/mol. The summed E-state index contributed by atoms with van der Waals surface area (Å²) in [5.41, 5.74) is 4.07. The van der Waals surface area contributed by atoms with Crippen LogP contribution < -0.4 is 0 Å². The van der Waals surface area contributed by atoms with Crippen molar-refractivity contribution >= 4 is 11.7 Å². The molecule has 0 heterocycles. The molecule has 0 bridgehead atoms. The number of hydrogen-bond acceptors (Lipinski definition) is 3. The molecule has 0 saturated carbocycles. The van der Waals surface area contributed by atoms with Gasteiger partial charge in [-0.15, -0.1) is 0 Å². The standard InChI is InChI=1S/C14H17NO2/c1-8-4-5-11-7-13(17-10(3)16)14(9(2)15)12(11)6-8/h4-6,13-15H,7H2,1-3H3. The molecule has 0 saturated heterocycles. The Morgan fingerprint density at radius 1 is 1.41 bits per heavy atom. The van der Waals surface area contributed by atoms with Gasteiger partial charge in [0, 0.05) is 19.1 Å². The molecule has 90 valence electrons. The molecule has 0 fully saturated rings. The second-order valence-electron chi connectivity index (χ2n) is 4.71. The molecule has 17 heavy (non-hydrogen) atoms. The van der Waals surface area contributed by atoms with Crippen molar-refractivity contribution in [2.24, 2.45) is 0 Å². The van der Waals surface area contributed by atoms with Gasteiger partial charge in [-0.2, -0.15) is 0 Å². The quantitative estimate of drug-likeness (QED) is 0.628. The van der Waals surface area contributed by atoms with E-state index in [1.807, 2.05) is 6.92 Å². The summed E-state index contributed by atoms with van der Waals surface area (Å²) >= 11 is 0. The summed E-state index contributed by atoms with van der Waals surface area (Å²) in [4.78, 5) is 11.1. The number of ether oxygens (including phenoxy) is 1. The van der Waals surface area contributed by atoms with E-state index in [4.69, 9.17) is 10.1 Å². The number of nitrogens with one attached hydrogen (secondary N) is 1. The molecule has 0 spiro atoms. The van der Waals surface area contributed by atoms with Gasteiger partial charge in [0.05, 0.1) is 5.92 Å². The van der Waals surface area contributed by atoms with Crippen molar-refractivity contribution in [3.63, 3.8) is 0 Å². The van der Waals surface area contributed by atoms with E-state index in [0.29, 0.717) is 5.71 Å². The second kappa shape index (κ2) is 4.32. The molecule has 0 radical (unpaired) electrons. The van der Waals surface area contributed by atoms with Gasteiger partial charge in [0.25, 0.3) is 0 Å². The summed E-state index contributed by atoms with van der Waals surface area (Å²) in [5.74, 6) is -0.348. The third-order valence-corrected chi connectivity index (χ3v) is 3.21. The van der Waals surface area contributed by atoms with E-state index >= 15 is 0 Å². The zero-order chi connectivity index (χ0) is 12.6. The van der Waals surface area contributed by atoms with Crippen molar-refractivity contribution in [2.45, 2.75) is 39.2 Å². The van der Waals surface area contributed by atoms with Crippen molar-refractivity contribution < 1.29 is 9.53 Å². The summed E-state index contributed by atoms with van der Waals surface area (Å²) in [6.45, 7) is 5.24. The number of benzene rings is 1. The number of aryl methyl sites for hydroxylation is 1. The van der Waals surface area contributed by atoms with Gasteiger partial charge in [-0.05, 0) is 25.0 Å². The minimum Gasteiger partial charge on any atom is -0.461 e. The zero-order valence-electron chi connectivity index (χ0n) is 10.4. The number of carbonyl (C=O) groups excluding carboxylic acids is 1. The Hall–Kier alpha value is -1.64. The normalized spacial score (nSPS) is 22.1. The van der Waals surface area contributed by atoms with Crippen LogP contribution in [0.4, 0.5) is 0 Å². The SMILES string of the molecule is CC(=N)C1c2cc(C)ccc2CC1OC(C)=O. The molecule has 1 aliphatic rings. The highest BCUT2D eigenvalue weighted by Gasteiger charge is 2.36. The molecule has 1 aliphatic carbocycles. The van der Waals surface area contributed by atoms with Crippen LogP contribution in [-0.4, -0.2) is 17.8 Å². The molecular weight excluding hydrogens is 214 g/mol. The predicted octanol–water partition coefficient (Wildman–Crippen LogP) is 2.61. The molecule has 3 heteroatoms. The maximum Gasteiger partial charge on any atom is 0.302 e. The van der Waals surface area contributed by atoms with Crippen LogP contribution in [0.5, 0.6) is 0 Å². The molecule has 0 amide bonds. The topological polar surface area (TPSA) is 50.1 Å². The first-order chi connectivity index (χ1) is 7.99. The minimum atomic E-state index is -0.272. The lowest BCUT2D eigenvalue weighted by molar-refractivity contribution is -0.146. The van der Waals surface area contributed by atoms with Gasteiger partial charge in [-0.25, -0.2) is 0 Å². The maximum atomic E-state index is 11.1. The summed E-state index contributed by atoms with van der Waals surface area (Å²) in [7, 11) is 0. The fourth-order valence-electron chi connectivity index (χ4n) is 2.56. The van der Waals surface area contributed by atoms with E-state index in [0.717, 1.165) is 12.0 Å². The lowest BCUT2D eigenvalue weighted by atomic mass is 9.94. The lowest BCUT2D eigenvalue weighted by Crippen LogP contribution is -2.25. The summed E-state index contributed by atoms with van der Waals surface area (Å²) in [5, 5.41) is 7.88. The van der Waals surface area contributed by atoms with Crippen molar-refractivity contribution in [3.05, 3.63) is 34.9 Å². The van der Waals surface area contributed by atoms with Crippen LogP contribution in [0.25, 0.3) is 0 Å². The molecule has 2 unspecified atom stereocenters. The van der Waals surface area contributed by atoms with Crippen molar-refractivity contribution in [2.75, 3.05) is 0 Å². The van der Waals surface area contributed by atoms with E-state index < -0.39 is 0 Å². The first kappa shape index (κ1) is 11.8. The van der Waals surface area contributed by atoms with E-state index in [9.17, 15) is 4.79 Å². The number of rotatable bonds is 2. The molecule has 3 nitrogen and oxygen atoms in total. The average molecular weight is 231 g/mol. The largest absolute Gasteiger partial charge is 0.461 e. The highest BCUT2D eigenvalue weighted by Crippen LogP contribution is 2.36. The molecule has 1 aromatic rings. The first-order valence-electron chi connectivity index (χ1n) is 5.80. The van der Waals surface area contributed by atoms with Crippen molar-refractivity contribution in [3.8, 4) is 0 Å². The van der Waals surface area contributed by atoms with E-state index in [1.165, 1.54) is 18.1 Å². The van der Waals surface area contributed by atoms with Crippen LogP contribution in [0.3, 0.4) is 0 Å². The Morgan fingerprint density at radius 3 is 2.71 bits per heavy atom. The van der Waals surface area contributed by atoms with Crippen LogP contribution in [0.2, 0.25) is 0 Å². The molecule has 2 atom stereocenters. The van der Waals surface area contributed by atoms with Crippen molar-refractivity contribution in [1.29, 1.82) is 5.41 Å². The third kappa shape index (κ3) is 2.23. The van der Waals surface area contributed by atoms with Crippen LogP contribution in [0.15, 0.2) is 18.2 Å². The number of carbonyl (C=O) groups is 1. The minimum absolute atomic E-state index is 0.0752. The third-order valence-electron chi connectivity index (χ3n) is 3.21. The van der Waals surface area contributed by atoms with Crippen LogP contribution in [0, 0.1) is 12.3 Å². The Bertz CT molecular complexity index is 479. The van der Waals surface area contributed by atoms with Gasteiger partial charge in [-0.3, -0.25) is 4.79 Å². The number of hydrogen-bond donors (Lipinski definition) is 1. The van der Waals surface area contributed by atoms with E-state index in [2.05, 4.69) is 18.2 Å². The Labute approximate surface area is 101 Å².